The molecule has 0 bridgehead atoms. The molecule has 4 rings (SSSR count). The number of imide groups is 1. The van der Waals surface area contributed by atoms with Gasteiger partial charge < -0.3 is 20.7 Å². The Morgan fingerprint density at radius 1 is 1.24 bits per heavy atom. The maximum Gasteiger partial charge on any atom is 0.255 e. The van der Waals surface area contributed by atoms with Gasteiger partial charge in [0.25, 0.3) is 5.91 Å². The third-order valence-corrected chi connectivity index (χ3v) is 6.41. The molecule has 1 aromatic rings. The number of hydrogen-bond acceptors (Lipinski definition) is 6. The number of nitrogens with zero attached hydrogens (tertiary/aromatic N) is 1. The minimum atomic E-state index is -0.587. The zero-order chi connectivity index (χ0) is 20.5. The van der Waals surface area contributed by atoms with Crippen LogP contribution in [-0.4, -0.2) is 54.0 Å². The number of benzene rings is 1. The van der Waals surface area contributed by atoms with E-state index in [0.29, 0.717) is 31.1 Å². The Kier molecular flexibility index (Phi) is 5.67. The van der Waals surface area contributed by atoms with Crippen LogP contribution in [0.2, 0.25) is 0 Å². The molecule has 0 spiro atoms. The smallest absolute Gasteiger partial charge is 0.255 e. The largest absolute Gasteiger partial charge is 0.380 e. The summed E-state index contributed by atoms with van der Waals surface area (Å²) >= 11 is 0. The van der Waals surface area contributed by atoms with Gasteiger partial charge in [0, 0.05) is 44.3 Å². The van der Waals surface area contributed by atoms with Crippen LogP contribution in [0.15, 0.2) is 18.2 Å². The maximum absolute atomic E-state index is 12.9. The van der Waals surface area contributed by atoms with E-state index in [1.807, 2.05) is 18.2 Å². The molecular weight excluding hydrogens is 372 g/mol. The van der Waals surface area contributed by atoms with Crippen molar-refractivity contribution in [1.29, 1.82) is 0 Å². The van der Waals surface area contributed by atoms with Gasteiger partial charge in [-0.05, 0) is 42.9 Å². The van der Waals surface area contributed by atoms with Gasteiger partial charge in [-0.3, -0.25) is 19.7 Å². The minimum absolute atomic E-state index is 0.0623. The second-order valence-electron chi connectivity index (χ2n) is 8.17. The van der Waals surface area contributed by atoms with Gasteiger partial charge in [0.2, 0.25) is 11.8 Å². The molecule has 29 heavy (non-hydrogen) atoms. The lowest BCUT2D eigenvalue weighted by molar-refractivity contribution is -0.136. The summed E-state index contributed by atoms with van der Waals surface area (Å²) in [5.41, 5.74) is 8.78. The van der Waals surface area contributed by atoms with Crippen LogP contribution in [-0.2, 0) is 27.4 Å². The van der Waals surface area contributed by atoms with E-state index in [1.165, 1.54) is 0 Å². The lowest BCUT2D eigenvalue weighted by Gasteiger charge is -2.33. The van der Waals surface area contributed by atoms with Crippen molar-refractivity contribution in [2.45, 2.75) is 69.4 Å². The highest BCUT2D eigenvalue weighted by molar-refractivity contribution is 6.05. The fourth-order valence-corrected chi connectivity index (χ4v) is 4.68. The van der Waals surface area contributed by atoms with Crippen LogP contribution in [0.1, 0.15) is 53.6 Å². The molecule has 0 radical (unpaired) electrons. The third-order valence-electron chi connectivity index (χ3n) is 6.41. The molecule has 4 N–H and O–H groups in total. The second-order valence-corrected chi connectivity index (χ2v) is 8.17. The first-order valence-electron chi connectivity index (χ1n) is 10.2. The van der Waals surface area contributed by atoms with Crippen molar-refractivity contribution >= 4 is 17.7 Å². The van der Waals surface area contributed by atoms with E-state index in [4.69, 9.17) is 10.5 Å². The van der Waals surface area contributed by atoms with Crippen molar-refractivity contribution in [3.63, 3.8) is 0 Å². The number of amides is 3. The van der Waals surface area contributed by atoms with Crippen molar-refractivity contribution in [2.24, 2.45) is 5.73 Å². The summed E-state index contributed by atoms with van der Waals surface area (Å²) in [6.07, 6.45) is 3.48. The molecule has 156 valence electrons. The second kappa shape index (κ2) is 8.22. The number of carbonyl (C=O) groups is 3. The topological polar surface area (TPSA) is 114 Å². The Bertz CT molecular complexity index is 827. The van der Waals surface area contributed by atoms with E-state index in [0.717, 1.165) is 30.4 Å². The number of ether oxygens (including phenoxy) is 1. The Morgan fingerprint density at radius 3 is 2.83 bits per heavy atom. The van der Waals surface area contributed by atoms with E-state index >= 15 is 0 Å². The van der Waals surface area contributed by atoms with E-state index in [-0.39, 0.29) is 36.3 Å². The van der Waals surface area contributed by atoms with Gasteiger partial charge in [-0.1, -0.05) is 12.1 Å². The molecule has 8 nitrogen and oxygen atoms in total. The first-order chi connectivity index (χ1) is 14.0. The number of rotatable bonds is 5. The van der Waals surface area contributed by atoms with Gasteiger partial charge in [0.1, 0.15) is 6.04 Å². The minimum Gasteiger partial charge on any atom is -0.380 e. The van der Waals surface area contributed by atoms with Crippen molar-refractivity contribution in [2.75, 3.05) is 7.11 Å². The van der Waals surface area contributed by atoms with Gasteiger partial charge in [0.05, 0.1) is 6.10 Å². The van der Waals surface area contributed by atoms with Crippen LogP contribution in [0.3, 0.4) is 0 Å². The molecule has 4 atom stereocenters. The first kappa shape index (κ1) is 20.0. The van der Waals surface area contributed by atoms with E-state index < -0.39 is 6.04 Å². The van der Waals surface area contributed by atoms with Gasteiger partial charge in [0.15, 0.2) is 0 Å². The predicted molar refractivity (Wildman–Crippen MR) is 106 cm³/mol. The van der Waals surface area contributed by atoms with Gasteiger partial charge >= 0.3 is 0 Å². The van der Waals surface area contributed by atoms with Crippen molar-refractivity contribution in [3.8, 4) is 0 Å². The molecule has 8 heteroatoms. The van der Waals surface area contributed by atoms with Crippen LogP contribution in [0.5, 0.6) is 0 Å². The maximum atomic E-state index is 12.9. The van der Waals surface area contributed by atoms with E-state index in [9.17, 15) is 14.4 Å². The third kappa shape index (κ3) is 3.92. The van der Waals surface area contributed by atoms with Gasteiger partial charge in [-0.25, -0.2) is 0 Å². The summed E-state index contributed by atoms with van der Waals surface area (Å²) in [5, 5.41) is 5.93. The molecule has 4 unspecified atom stereocenters. The van der Waals surface area contributed by atoms with E-state index in [1.54, 1.807) is 12.0 Å². The summed E-state index contributed by atoms with van der Waals surface area (Å²) in [7, 11) is 1.70. The number of fused-ring (bicyclic) bond motifs is 1. The molecule has 1 saturated carbocycles. The summed E-state index contributed by atoms with van der Waals surface area (Å²) in [6, 6.07) is 5.54. The molecule has 3 aliphatic rings. The fraction of sp³-hybridized carbons (Fsp3) is 0.571. The molecule has 1 aliphatic carbocycles. The van der Waals surface area contributed by atoms with E-state index in [2.05, 4.69) is 10.6 Å². The summed E-state index contributed by atoms with van der Waals surface area (Å²) in [4.78, 5) is 38.2. The van der Waals surface area contributed by atoms with Crippen LogP contribution in [0, 0.1) is 0 Å². The average Bonchev–Trinajstić information content (AvgIpc) is 3.04. The quantitative estimate of drug-likeness (QED) is 0.618. The molecule has 2 aliphatic heterocycles. The lowest BCUT2D eigenvalue weighted by atomic mass is 9.89. The van der Waals surface area contributed by atoms with Crippen molar-refractivity contribution in [1.82, 2.24) is 15.5 Å². The molecule has 1 saturated heterocycles. The van der Waals surface area contributed by atoms with Crippen LogP contribution in [0.25, 0.3) is 0 Å². The first-order valence-corrected chi connectivity index (χ1v) is 10.2. The highest BCUT2D eigenvalue weighted by Crippen LogP contribution is 2.30. The van der Waals surface area contributed by atoms with Crippen LogP contribution >= 0.6 is 0 Å². The number of nitrogens with two attached hydrogens (primary N) is 1. The van der Waals surface area contributed by atoms with Crippen molar-refractivity contribution in [3.05, 3.63) is 34.9 Å². The Morgan fingerprint density at radius 2 is 2.07 bits per heavy atom. The highest BCUT2D eigenvalue weighted by Gasteiger charge is 2.39. The Hall–Kier alpha value is -2.29. The van der Waals surface area contributed by atoms with Crippen LogP contribution < -0.4 is 16.4 Å². The van der Waals surface area contributed by atoms with Gasteiger partial charge in [-0.2, -0.15) is 0 Å². The monoisotopic (exact) mass is 400 g/mol. The number of hydrogen-bond donors (Lipinski definition) is 3. The van der Waals surface area contributed by atoms with Crippen molar-refractivity contribution < 1.29 is 19.1 Å². The normalized spacial score (nSPS) is 29.7. The standard InChI is InChI=1S/C21H28N4O4/c1-29-18-9-13(5-6-16(18)22)23-10-12-3-2-4-14-15(12)11-25(21(14)28)17-7-8-19(26)24-20(17)27/h2-4,13,16-18,23H,5-11,22H2,1H3,(H,24,26,27). The summed E-state index contributed by atoms with van der Waals surface area (Å²) in [6.45, 7) is 1.05. The average molecular weight is 400 g/mol. The predicted octanol–water partition coefficient (Wildman–Crippen LogP) is 0.432. The molecule has 0 aromatic heterocycles. The Labute approximate surface area is 170 Å². The number of nitrogens with one attached hydrogen (secondary N) is 2. The number of carbonyl (C=O) groups excluding carboxylic acids is 3. The van der Waals surface area contributed by atoms with Crippen LogP contribution in [0.4, 0.5) is 0 Å². The molecule has 2 heterocycles. The molecule has 3 amide bonds. The molecule has 2 fully saturated rings. The zero-order valence-corrected chi connectivity index (χ0v) is 16.6. The zero-order valence-electron chi connectivity index (χ0n) is 16.6. The lowest BCUT2D eigenvalue weighted by Crippen LogP contribution is -2.52. The number of piperidine rings is 1. The number of methoxy groups -OCH3 is 1. The molecule has 1 aromatic carbocycles. The SMILES string of the molecule is COC1CC(NCc2cccc3c2CN(C2CCC(=O)NC2=O)C3=O)CCC1N. The fourth-order valence-electron chi connectivity index (χ4n) is 4.68. The molecular formula is C21H28N4O4. The summed E-state index contributed by atoms with van der Waals surface area (Å²) in [5.74, 6) is -0.799. The summed E-state index contributed by atoms with van der Waals surface area (Å²) < 4.78 is 5.49. The van der Waals surface area contributed by atoms with Gasteiger partial charge in [-0.15, -0.1) is 0 Å². The highest BCUT2D eigenvalue weighted by atomic mass is 16.5. The Balaban J connectivity index is 1.44.